The average molecular weight is 489 g/mol. The predicted octanol–water partition coefficient (Wildman–Crippen LogP) is 2.54. The molecule has 10 heteroatoms. The number of pyridine rings is 1. The van der Waals surface area contributed by atoms with Gasteiger partial charge in [0.25, 0.3) is 0 Å². The zero-order chi connectivity index (χ0) is 24.7. The Morgan fingerprint density at radius 2 is 1.62 bits per heavy atom. The van der Waals surface area contributed by atoms with Gasteiger partial charge in [-0.3, -0.25) is 9.59 Å². The Kier molecular flexibility index (Phi) is 8.50. The number of nitrogens with zero attached hydrogens (tertiary/aromatic N) is 1. The quantitative estimate of drug-likeness (QED) is 0.369. The molecule has 0 aliphatic heterocycles. The van der Waals surface area contributed by atoms with E-state index in [0.717, 1.165) is 12.1 Å². The van der Waals surface area contributed by atoms with Crippen LogP contribution >= 0.6 is 11.6 Å². The molecule has 0 spiro atoms. The summed E-state index contributed by atoms with van der Waals surface area (Å²) in [7, 11) is 0. The second-order valence-corrected chi connectivity index (χ2v) is 8.11. The summed E-state index contributed by atoms with van der Waals surface area (Å²) in [4.78, 5) is 29.4. The number of benzene rings is 2. The van der Waals surface area contributed by atoms with Crippen LogP contribution in [0.1, 0.15) is 16.7 Å². The lowest BCUT2D eigenvalue weighted by molar-refractivity contribution is -0.134. The highest BCUT2D eigenvalue weighted by atomic mass is 35.5. The maximum Gasteiger partial charge on any atom is 0.249 e. The molecule has 0 bridgehead atoms. The van der Waals surface area contributed by atoms with Crippen molar-refractivity contribution in [3.63, 3.8) is 0 Å². The Morgan fingerprint density at radius 1 is 0.941 bits per heavy atom. The van der Waals surface area contributed by atoms with E-state index in [4.69, 9.17) is 17.3 Å². The summed E-state index contributed by atoms with van der Waals surface area (Å²) in [5, 5.41) is 16.0. The zero-order valence-electron chi connectivity index (χ0n) is 18.0. The Balaban J connectivity index is 1.70. The van der Waals surface area contributed by atoms with E-state index in [1.165, 1.54) is 12.3 Å². The van der Waals surface area contributed by atoms with Gasteiger partial charge in [-0.2, -0.15) is 0 Å². The molecule has 0 radical (unpaired) electrons. The van der Waals surface area contributed by atoms with Crippen LogP contribution in [0.3, 0.4) is 0 Å². The molecular formula is C24H23ClF2N4O3. The van der Waals surface area contributed by atoms with Crippen LogP contribution in [-0.2, 0) is 29.0 Å². The number of nitrogen functional groups attached to an aromatic ring is 1. The minimum absolute atomic E-state index is 0.000373. The van der Waals surface area contributed by atoms with E-state index in [2.05, 4.69) is 15.6 Å². The van der Waals surface area contributed by atoms with E-state index < -0.39 is 35.6 Å². The molecule has 1 aromatic heterocycles. The molecule has 0 fully saturated rings. The fourth-order valence-electron chi connectivity index (χ4n) is 3.17. The monoisotopic (exact) mass is 488 g/mol. The van der Waals surface area contributed by atoms with Crippen molar-refractivity contribution < 1.29 is 23.5 Å². The lowest BCUT2D eigenvalue weighted by atomic mass is 10.0. The van der Waals surface area contributed by atoms with Gasteiger partial charge in [-0.25, -0.2) is 13.8 Å². The number of carbonyl (C=O) groups excluding carboxylic acids is 2. The van der Waals surface area contributed by atoms with Gasteiger partial charge in [0, 0.05) is 30.6 Å². The number of amides is 2. The second kappa shape index (κ2) is 11.5. The molecule has 2 atom stereocenters. The molecule has 34 heavy (non-hydrogen) atoms. The van der Waals surface area contributed by atoms with Crippen molar-refractivity contribution in [2.45, 2.75) is 31.5 Å². The molecule has 1 heterocycles. The van der Waals surface area contributed by atoms with Gasteiger partial charge < -0.3 is 21.5 Å². The summed E-state index contributed by atoms with van der Waals surface area (Å²) in [5.74, 6) is -3.13. The molecular weight excluding hydrogens is 466 g/mol. The number of nitrogens with one attached hydrogen (secondary N) is 2. The smallest absolute Gasteiger partial charge is 0.249 e. The van der Waals surface area contributed by atoms with Gasteiger partial charge in [-0.05, 0) is 47.0 Å². The first-order chi connectivity index (χ1) is 16.2. The van der Waals surface area contributed by atoms with Gasteiger partial charge in [-0.15, -0.1) is 0 Å². The molecule has 3 aromatic rings. The van der Waals surface area contributed by atoms with E-state index in [0.29, 0.717) is 27.5 Å². The number of aliphatic hydroxyl groups excluding tert-OH is 1. The highest BCUT2D eigenvalue weighted by Gasteiger charge is 2.25. The minimum atomic E-state index is -1.44. The normalized spacial score (nSPS) is 12.6. The maximum atomic E-state index is 13.7. The SMILES string of the molecule is Nc1ccc(CNC(=O)[C@H](Cc2ccc(F)c(F)c2)NC(=O)C(O)Cc2ccc(Cl)cc2)cn1. The van der Waals surface area contributed by atoms with Crippen LogP contribution in [0.5, 0.6) is 0 Å². The molecule has 0 saturated carbocycles. The molecule has 5 N–H and O–H groups in total. The number of halogens is 3. The molecule has 0 saturated heterocycles. The molecule has 3 rings (SSSR count). The number of rotatable bonds is 9. The Morgan fingerprint density at radius 3 is 2.26 bits per heavy atom. The predicted molar refractivity (Wildman–Crippen MR) is 124 cm³/mol. The van der Waals surface area contributed by atoms with E-state index in [1.54, 1.807) is 36.4 Å². The average Bonchev–Trinajstić information content (AvgIpc) is 2.81. The molecule has 1 unspecified atom stereocenters. The van der Waals surface area contributed by atoms with Crippen LogP contribution in [-0.4, -0.2) is 34.1 Å². The number of hydrogen-bond acceptors (Lipinski definition) is 5. The Labute approximate surface area is 200 Å². The topological polar surface area (TPSA) is 117 Å². The van der Waals surface area contributed by atoms with Crippen LogP contribution in [0, 0.1) is 11.6 Å². The fourth-order valence-corrected chi connectivity index (χ4v) is 3.29. The van der Waals surface area contributed by atoms with E-state index in [9.17, 15) is 23.5 Å². The van der Waals surface area contributed by atoms with Crippen molar-refractivity contribution in [2.75, 3.05) is 5.73 Å². The van der Waals surface area contributed by atoms with Gasteiger partial charge in [0.1, 0.15) is 18.0 Å². The Hall–Kier alpha value is -3.56. The highest BCUT2D eigenvalue weighted by Crippen LogP contribution is 2.13. The number of anilines is 1. The Bertz CT molecular complexity index is 1140. The lowest BCUT2D eigenvalue weighted by Gasteiger charge is -2.21. The first-order valence-electron chi connectivity index (χ1n) is 10.4. The highest BCUT2D eigenvalue weighted by molar-refractivity contribution is 6.30. The van der Waals surface area contributed by atoms with Crippen molar-refractivity contribution in [1.29, 1.82) is 0 Å². The van der Waals surface area contributed by atoms with Gasteiger partial charge >= 0.3 is 0 Å². The van der Waals surface area contributed by atoms with Gasteiger partial charge in [0.15, 0.2) is 11.6 Å². The summed E-state index contributed by atoms with van der Waals surface area (Å²) in [6.45, 7) is 0.101. The lowest BCUT2D eigenvalue weighted by Crippen LogP contribution is -2.51. The summed E-state index contributed by atoms with van der Waals surface area (Å²) in [6, 6.07) is 11.9. The van der Waals surface area contributed by atoms with Crippen LogP contribution in [0.2, 0.25) is 5.02 Å². The van der Waals surface area contributed by atoms with Crippen molar-refractivity contribution in [3.05, 3.63) is 94.1 Å². The van der Waals surface area contributed by atoms with Crippen LogP contribution in [0.25, 0.3) is 0 Å². The zero-order valence-corrected chi connectivity index (χ0v) is 18.7. The van der Waals surface area contributed by atoms with Crippen molar-refractivity contribution in [2.24, 2.45) is 0 Å². The third-order valence-corrected chi connectivity index (χ3v) is 5.27. The van der Waals surface area contributed by atoms with Crippen LogP contribution in [0.4, 0.5) is 14.6 Å². The number of carbonyl (C=O) groups is 2. The molecule has 2 aromatic carbocycles. The van der Waals surface area contributed by atoms with E-state index in [1.807, 2.05) is 0 Å². The molecule has 0 aliphatic rings. The number of hydrogen-bond donors (Lipinski definition) is 4. The first-order valence-corrected chi connectivity index (χ1v) is 10.7. The van der Waals surface area contributed by atoms with Crippen molar-refractivity contribution >= 4 is 29.2 Å². The summed E-state index contributed by atoms with van der Waals surface area (Å²) in [6.07, 6.45) is -0.0704. The van der Waals surface area contributed by atoms with E-state index in [-0.39, 0.29) is 19.4 Å². The summed E-state index contributed by atoms with van der Waals surface area (Å²) in [5.41, 5.74) is 7.18. The summed E-state index contributed by atoms with van der Waals surface area (Å²) >= 11 is 5.85. The third-order valence-electron chi connectivity index (χ3n) is 5.02. The molecule has 7 nitrogen and oxygen atoms in total. The first kappa shape index (κ1) is 25.1. The second-order valence-electron chi connectivity index (χ2n) is 7.67. The van der Waals surface area contributed by atoms with Gasteiger partial charge in [0.05, 0.1) is 0 Å². The van der Waals surface area contributed by atoms with E-state index >= 15 is 0 Å². The van der Waals surface area contributed by atoms with Crippen molar-refractivity contribution in [1.82, 2.24) is 15.6 Å². The third kappa shape index (κ3) is 7.23. The minimum Gasteiger partial charge on any atom is -0.384 e. The van der Waals surface area contributed by atoms with Crippen LogP contribution < -0.4 is 16.4 Å². The number of nitrogens with two attached hydrogens (primary N) is 1. The standard InChI is InChI=1S/C24H23ClF2N4O3/c25-17-5-1-14(2-6-17)11-21(32)24(34)31-20(10-15-3-7-18(26)19(27)9-15)23(33)30-13-16-4-8-22(28)29-12-16/h1-9,12,20-21,32H,10-11,13H2,(H2,28,29)(H,30,33)(H,31,34)/t20-,21?/m0/s1. The molecule has 2 amide bonds. The molecule has 178 valence electrons. The fraction of sp³-hybridized carbons (Fsp3) is 0.208. The number of aliphatic hydroxyl groups is 1. The van der Waals surface area contributed by atoms with Crippen LogP contribution in [0.15, 0.2) is 60.8 Å². The summed E-state index contributed by atoms with van der Waals surface area (Å²) < 4.78 is 27.0. The van der Waals surface area contributed by atoms with Gasteiger partial charge in [0.2, 0.25) is 11.8 Å². The van der Waals surface area contributed by atoms with Crippen molar-refractivity contribution in [3.8, 4) is 0 Å². The largest absolute Gasteiger partial charge is 0.384 e. The maximum absolute atomic E-state index is 13.7. The van der Waals surface area contributed by atoms with Gasteiger partial charge in [-0.1, -0.05) is 35.9 Å². The number of aromatic nitrogens is 1. The molecule has 0 aliphatic carbocycles.